The molecule has 2 fully saturated rings. The summed E-state index contributed by atoms with van der Waals surface area (Å²) in [5.74, 6) is 0.183. The van der Waals surface area contributed by atoms with Crippen LogP contribution in [0.1, 0.15) is 26.7 Å². The van der Waals surface area contributed by atoms with E-state index in [9.17, 15) is 4.79 Å². The highest BCUT2D eigenvalue weighted by molar-refractivity contribution is 5.78. The Balaban J connectivity index is 1.72. The Morgan fingerprint density at radius 2 is 2.06 bits per heavy atom. The quantitative estimate of drug-likeness (QED) is 0.794. The molecule has 0 spiro atoms. The van der Waals surface area contributed by atoms with Gasteiger partial charge in [0.25, 0.3) is 0 Å². The van der Waals surface area contributed by atoms with E-state index in [0.29, 0.717) is 25.8 Å². The largest absolute Gasteiger partial charge is 0.378 e. The monoisotopic (exact) mass is 256 g/mol. The summed E-state index contributed by atoms with van der Waals surface area (Å²) >= 11 is 0. The maximum atomic E-state index is 12.0. The summed E-state index contributed by atoms with van der Waals surface area (Å²) in [6, 6.07) is 0.388. The molecule has 2 saturated heterocycles. The van der Waals surface area contributed by atoms with Gasteiger partial charge in [-0.3, -0.25) is 4.79 Å². The van der Waals surface area contributed by atoms with Gasteiger partial charge in [-0.15, -0.1) is 0 Å². The maximum absolute atomic E-state index is 12.0. The lowest BCUT2D eigenvalue weighted by molar-refractivity contribution is -0.134. The molecular weight excluding hydrogens is 232 g/mol. The molecular formula is C13H24N2O3. The number of rotatable bonds is 3. The van der Waals surface area contributed by atoms with E-state index in [1.165, 1.54) is 0 Å². The third-order valence-corrected chi connectivity index (χ3v) is 3.60. The molecule has 0 aromatic rings. The fraction of sp³-hybridized carbons (Fsp3) is 0.923. The van der Waals surface area contributed by atoms with Crippen molar-refractivity contribution in [2.75, 3.05) is 39.5 Å². The highest BCUT2D eigenvalue weighted by Gasteiger charge is 2.29. The zero-order chi connectivity index (χ0) is 13.0. The van der Waals surface area contributed by atoms with E-state index in [0.717, 1.165) is 32.5 Å². The smallest absolute Gasteiger partial charge is 0.236 e. The van der Waals surface area contributed by atoms with Gasteiger partial charge in [0.15, 0.2) is 0 Å². The Bertz CT molecular complexity index is 288. The Kier molecular flexibility index (Phi) is 4.59. The van der Waals surface area contributed by atoms with E-state index in [-0.39, 0.29) is 11.5 Å². The van der Waals surface area contributed by atoms with Crippen molar-refractivity contribution in [1.29, 1.82) is 0 Å². The number of hydrogen-bond acceptors (Lipinski definition) is 4. The van der Waals surface area contributed by atoms with E-state index in [4.69, 9.17) is 9.47 Å². The van der Waals surface area contributed by atoms with Crippen LogP contribution >= 0.6 is 0 Å². The molecule has 5 heteroatoms. The van der Waals surface area contributed by atoms with Crippen LogP contribution in [0.25, 0.3) is 0 Å². The van der Waals surface area contributed by atoms with Crippen molar-refractivity contribution in [1.82, 2.24) is 10.2 Å². The lowest BCUT2D eigenvalue weighted by atomic mass is 9.94. The van der Waals surface area contributed by atoms with E-state index in [1.807, 2.05) is 4.90 Å². The minimum atomic E-state index is -0.0715. The van der Waals surface area contributed by atoms with Crippen LogP contribution in [0, 0.1) is 0 Å². The molecule has 18 heavy (non-hydrogen) atoms. The molecule has 2 rings (SSSR count). The van der Waals surface area contributed by atoms with Gasteiger partial charge in [0, 0.05) is 25.7 Å². The van der Waals surface area contributed by atoms with Crippen LogP contribution in [-0.2, 0) is 14.3 Å². The van der Waals surface area contributed by atoms with Gasteiger partial charge in [-0.05, 0) is 26.7 Å². The SMILES string of the molecule is CC1(C)CC(NCC(=O)N2CCOCC2)CCO1. The average Bonchev–Trinajstić information content (AvgIpc) is 2.36. The van der Waals surface area contributed by atoms with E-state index < -0.39 is 0 Å². The van der Waals surface area contributed by atoms with Crippen LogP contribution in [0.2, 0.25) is 0 Å². The summed E-state index contributed by atoms with van der Waals surface area (Å²) < 4.78 is 10.9. The fourth-order valence-electron chi connectivity index (χ4n) is 2.56. The van der Waals surface area contributed by atoms with Crippen molar-refractivity contribution in [2.24, 2.45) is 0 Å². The minimum Gasteiger partial charge on any atom is -0.378 e. The highest BCUT2D eigenvalue weighted by Crippen LogP contribution is 2.23. The third-order valence-electron chi connectivity index (χ3n) is 3.60. The first-order valence-corrected chi connectivity index (χ1v) is 6.80. The van der Waals surface area contributed by atoms with E-state index in [2.05, 4.69) is 19.2 Å². The molecule has 0 aliphatic carbocycles. The van der Waals surface area contributed by atoms with Crippen molar-refractivity contribution in [3.05, 3.63) is 0 Å². The standard InChI is InChI=1S/C13H24N2O3/c1-13(2)9-11(3-6-18-13)14-10-12(16)15-4-7-17-8-5-15/h11,14H,3-10H2,1-2H3. The fourth-order valence-corrected chi connectivity index (χ4v) is 2.56. The molecule has 2 heterocycles. The number of carbonyl (C=O) groups is 1. The minimum absolute atomic E-state index is 0.0715. The molecule has 5 nitrogen and oxygen atoms in total. The first kappa shape index (κ1) is 13.8. The summed E-state index contributed by atoms with van der Waals surface area (Å²) in [4.78, 5) is 13.9. The predicted molar refractivity (Wildman–Crippen MR) is 68.5 cm³/mol. The number of carbonyl (C=O) groups excluding carboxylic acids is 1. The van der Waals surface area contributed by atoms with Gasteiger partial charge in [0.2, 0.25) is 5.91 Å². The average molecular weight is 256 g/mol. The molecule has 0 saturated carbocycles. The van der Waals surface area contributed by atoms with Crippen LogP contribution in [0.15, 0.2) is 0 Å². The zero-order valence-electron chi connectivity index (χ0n) is 11.4. The first-order chi connectivity index (χ1) is 8.57. The Hall–Kier alpha value is -0.650. The van der Waals surface area contributed by atoms with Crippen LogP contribution < -0.4 is 5.32 Å². The molecule has 1 N–H and O–H groups in total. The second-order valence-electron chi connectivity index (χ2n) is 5.67. The number of nitrogens with zero attached hydrogens (tertiary/aromatic N) is 1. The highest BCUT2D eigenvalue weighted by atomic mass is 16.5. The third kappa shape index (κ3) is 3.93. The summed E-state index contributed by atoms with van der Waals surface area (Å²) in [5.41, 5.74) is -0.0715. The number of ether oxygens (including phenoxy) is 2. The Morgan fingerprint density at radius 3 is 2.72 bits per heavy atom. The molecule has 0 bridgehead atoms. The van der Waals surface area contributed by atoms with E-state index in [1.54, 1.807) is 0 Å². The Morgan fingerprint density at radius 1 is 1.33 bits per heavy atom. The van der Waals surface area contributed by atoms with Crippen LogP contribution in [0.5, 0.6) is 0 Å². The summed E-state index contributed by atoms with van der Waals surface area (Å²) in [6.45, 7) is 8.18. The lowest BCUT2D eigenvalue weighted by Crippen LogP contribution is -2.49. The van der Waals surface area contributed by atoms with Gasteiger partial charge in [-0.25, -0.2) is 0 Å². The summed E-state index contributed by atoms with van der Waals surface area (Å²) in [7, 11) is 0. The number of amides is 1. The molecule has 0 aromatic heterocycles. The molecule has 0 radical (unpaired) electrons. The topological polar surface area (TPSA) is 50.8 Å². The van der Waals surface area contributed by atoms with Gasteiger partial charge < -0.3 is 19.7 Å². The normalized spacial score (nSPS) is 28.1. The molecule has 0 aromatic carbocycles. The molecule has 2 aliphatic rings. The van der Waals surface area contributed by atoms with Gasteiger partial charge in [-0.2, -0.15) is 0 Å². The number of hydrogen-bond donors (Lipinski definition) is 1. The van der Waals surface area contributed by atoms with Gasteiger partial charge >= 0.3 is 0 Å². The van der Waals surface area contributed by atoms with Crippen molar-refractivity contribution in [3.63, 3.8) is 0 Å². The predicted octanol–water partition coefficient (Wildman–Crippen LogP) is 0.392. The van der Waals surface area contributed by atoms with Gasteiger partial charge in [0.1, 0.15) is 0 Å². The van der Waals surface area contributed by atoms with Crippen molar-refractivity contribution < 1.29 is 14.3 Å². The molecule has 2 aliphatic heterocycles. The second kappa shape index (κ2) is 5.99. The second-order valence-corrected chi connectivity index (χ2v) is 5.67. The van der Waals surface area contributed by atoms with Gasteiger partial charge in [0.05, 0.1) is 25.4 Å². The van der Waals surface area contributed by atoms with E-state index >= 15 is 0 Å². The number of morpholine rings is 1. The molecule has 1 atom stereocenters. The first-order valence-electron chi connectivity index (χ1n) is 6.80. The lowest BCUT2D eigenvalue weighted by Gasteiger charge is -2.36. The summed E-state index contributed by atoms with van der Waals surface area (Å²) in [6.07, 6.45) is 1.95. The van der Waals surface area contributed by atoms with Crippen molar-refractivity contribution in [2.45, 2.75) is 38.3 Å². The molecule has 1 amide bonds. The summed E-state index contributed by atoms with van der Waals surface area (Å²) in [5, 5.41) is 3.36. The number of nitrogens with one attached hydrogen (secondary N) is 1. The van der Waals surface area contributed by atoms with Crippen LogP contribution in [0.3, 0.4) is 0 Å². The van der Waals surface area contributed by atoms with Crippen LogP contribution in [-0.4, -0.2) is 61.9 Å². The van der Waals surface area contributed by atoms with Gasteiger partial charge in [-0.1, -0.05) is 0 Å². The molecule has 1 unspecified atom stereocenters. The molecule has 104 valence electrons. The maximum Gasteiger partial charge on any atom is 0.236 e. The van der Waals surface area contributed by atoms with Crippen molar-refractivity contribution in [3.8, 4) is 0 Å². The Labute approximate surface area is 109 Å². The van der Waals surface area contributed by atoms with Crippen LogP contribution in [0.4, 0.5) is 0 Å². The van der Waals surface area contributed by atoms with Crippen molar-refractivity contribution >= 4 is 5.91 Å². The zero-order valence-corrected chi connectivity index (χ0v) is 11.4.